The van der Waals surface area contributed by atoms with Gasteiger partial charge in [0.15, 0.2) is 0 Å². The summed E-state index contributed by atoms with van der Waals surface area (Å²) in [6.45, 7) is 0.881. The Morgan fingerprint density at radius 3 is 3.42 bits per heavy atom. The standard InChI is InChI=1S/C8H6N2S2/c1-2-11-8-5(1)7-6(3-9-8)10-4-12-7/h1-2,4,9H,3H2. The predicted octanol–water partition coefficient (Wildman–Crippen LogP) is 2.80. The summed E-state index contributed by atoms with van der Waals surface area (Å²) in [5, 5.41) is 6.75. The fraction of sp³-hybridized carbons (Fsp3) is 0.125. The number of hydrogen-bond acceptors (Lipinski definition) is 4. The lowest BCUT2D eigenvalue weighted by atomic mass is 10.2. The first-order chi connectivity index (χ1) is 5.95. The highest BCUT2D eigenvalue weighted by molar-refractivity contribution is 7.17. The van der Waals surface area contributed by atoms with E-state index in [0.717, 1.165) is 6.54 Å². The summed E-state index contributed by atoms with van der Waals surface area (Å²) in [6, 6.07) is 2.16. The molecular formula is C8H6N2S2. The number of fused-ring (bicyclic) bond motifs is 3. The molecule has 2 nitrogen and oxygen atoms in total. The van der Waals surface area contributed by atoms with E-state index in [1.165, 1.54) is 21.1 Å². The monoisotopic (exact) mass is 194 g/mol. The van der Waals surface area contributed by atoms with Gasteiger partial charge in [0.05, 0.1) is 27.6 Å². The highest BCUT2D eigenvalue weighted by Gasteiger charge is 2.18. The third kappa shape index (κ3) is 0.763. The van der Waals surface area contributed by atoms with Crippen LogP contribution in [0.4, 0.5) is 5.00 Å². The van der Waals surface area contributed by atoms with E-state index in [4.69, 9.17) is 0 Å². The normalized spacial score (nSPS) is 13.3. The molecule has 0 spiro atoms. The van der Waals surface area contributed by atoms with Crippen LogP contribution in [-0.4, -0.2) is 4.98 Å². The third-order valence-corrected chi connectivity index (χ3v) is 3.74. The smallest absolute Gasteiger partial charge is 0.0974 e. The van der Waals surface area contributed by atoms with Crippen molar-refractivity contribution in [1.82, 2.24) is 4.98 Å². The molecule has 0 amide bonds. The average Bonchev–Trinajstić information content (AvgIpc) is 2.71. The summed E-state index contributed by atoms with van der Waals surface area (Å²) in [5.74, 6) is 0. The highest BCUT2D eigenvalue weighted by atomic mass is 32.1. The molecule has 3 rings (SSSR count). The summed E-state index contributed by atoms with van der Waals surface area (Å²) < 4.78 is 0. The zero-order valence-electron chi connectivity index (χ0n) is 6.20. The van der Waals surface area contributed by atoms with Crippen LogP contribution in [0, 0.1) is 0 Å². The van der Waals surface area contributed by atoms with Gasteiger partial charge in [-0.15, -0.1) is 22.7 Å². The first kappa shape index (κ1) is 6.62. The maximum Gasteiger partial charge on any atom is 0.0974 e. The maximum absolute atomic E-state index is 4.30. The SMILES string of the molecule is c1cc2c(s1)NCc1ncsc1-2. The van der Waals surface area contributed by atoms with Crippen molar-refractivity contribution < 1.29 is 0 Å². The van der Waals surface area contributed by atoms with E-state index in [0.29, 0.717) is 0 Å². The summed E-state index contributed by atoms with van der Waals surface area (Å²) in [6.07, 6.45) is 0. The minimum Gasteiger partial charge on any atom is -0.371 e. The third-order valence-electron chi connectivity index (χ3n) is 1.97. The Hall–Kier alpha value is -0.870. The molecule has 1 aliphatic rings. The molecule has 1 aliphatic heterocycles. The molecule has 0 bridgehead atoms. The topological polar surface area (TPSA) is 24.9 Å². The maximum atomic E-state index is 4.30. The second kappa shape index (κ2) is 2.31. The molecule has 12 heavy (non-hydrogen) atoms. The Balaban J connectivity index is 2.32. The molecule has 0 fully saturated rings. The minimum atomic E-state index is 0.881. The molecule has 0 radical (unpaired) electrons. The average molecular weight is 194 g/mol. The number of thiophene rings is 1. The number of anilines is 1. The quantitative estimate of drug-likeness (QED) is 0.697. The van der Waals surface area contributed by atoms with Gasteiger partial charge in [0.25, 0.3) is 0 Å². The van der Waals surface area contributed by atoms with Crippen LogP contribution in [-0.2, 0) is 6.54 Å². The summed E-state index contributed by atoms with van der Waals surface area (Å²) in [5.41, 5.74) is 4.42. The number of nitrogens with zero attached hydrogens (tertiary/aromatic N) is 1. The molecule has 3 heterocycles. The first-order valence-electron chi connectivity index (χ1n) is 3.69. The summed E-state index contributed by atoms with van der Waals surface area (Å²) in [7, 11) is 0. The van der Waals surface area contributed by atoms with E-state index in [1.54, 1.807) is 22.7 Å². The van der Waals surface area contributed by atoms with E-state index in [9.17, 15) is 0 Å². The van der Waals surface area contributed by atoms with Crippen molar-refractivity contribution >= 4 is 27.7 Å². The van der Waals surface area contributed by atoms with Gasteiger partial charge in [-0.2, -0.15) is 0 Å². The molecule has 0 saturated heterocycles. The lowest BCUT2D eigenvalue weighted by molar-refractivity contribution is 1.07. The molecule has 2 aromatic heterocycles. The van der Waals surface area contributed by atoms with Crippen molar-refractivity contribution in [2.45, 2.75) is 6.54 Å². The molecule has 0 aromatic carbocycles. The molecule has 0 unspecified atom stereocenters. The van der Waals surface area contributed by atoms with Gasteiger partial charge in [-0.05, 0) is 11.4 Å². The molecule has 0 aliphatic carbocycles. The first-order valence-corrected chi connectivity index (χ1v) is 5.45. The van der Waals surface area contributed by atoms with Crippen LogP contribution in [0.15, 0.2) is 17.0 Å². The van der Waals surface area contributed by atoms with Gasteiger partial charge in [-0.1, -0.05) is 0 Å². The van der Waals surface area contributed by atoms with E-state index in [-0.39, 0.29) is 0 Å². The van der Waals surface area contributed by atoms with Gasteiger partial charge in [-0.3, -0.25) is 0 Å². The van der Waals surface area contributed by atoms with Gasteiger partial charge in [0.2, 0.25) is 0 Å². The number of rotatable bonds is 0. The predicted molar refractivity (Wildman–Crippen MR) is 52.8 cm³/mol. The number of aromatic nitrogens is 1. The number of thiazole rings is 1. The zero-order chi connectivity index (χ0) is 7.97. The Bertz CT molecular complexity index is 376. The molecule has 0 saturated carbocycles. The molecule has 0 atom stereocenters. The summed E-state index contributed by atoms with van der Waals surface area (Å²) in [4.78, 5) is 5.63. The van der Waals surface area contributed by atoms with Crippen molar-refractivity contribution in [2.75, 3.05) is 5.32 Å². The van der Waals surface area contributed by atoms with E-state index >= 15 is 0 Å². The number of hydrogen-bond donors (Lipinski definition) is 1. The Labute approximate surface area is 77.9 Å². The van der Waals surface area contributed by atoms with Crippen LogP contribution in [0.1, 0.15) is 5.69 Å². The summed E-state index contributed by atoms with van der Waals surface area (Å²) >= 11 is 3.49. The van der Waals surface area contributed by atoms with Gasteiger partial charge in [0.1, 0.15) is 0 Å². The van der Waals surface area contributed by atoms with Crippen molar-refractivity contribution in [3.8, 4) is 10.4 Å². The van der Waals surface area contributed by atoms with E-state index in [2.05, 4.69) is 21.7 Å². The van der Waals surface area contributed by atoms with Crippen molar-refractivity contribution in [3.63, 3.8) is 0 Å². The minimum absolute atomic E-state index is 0.881. The van der Waals surface area contributed by atoms with E-state index in [1.807, 2.05) is 5.51 Å². The van der Waals surface area contributed by atoms with Gasteiger partial charge < -0.3 is 5.32 Å². The molecule has 4 heteroatoms. The molecule has 2 aromatic rings. The van der Waals surface area contributed by atoms with Crippen LogP contribution in [0.2, 0.25) is 0 Å². The van der Waals surface area contributed by atoms with Crippen molar-refractivity contribution in [3.05, 3.63) is 22.7 Å². The molecular weight excluding hydrogens is 188 g/mol. The highest BCUT2D eigenvalue weighted by Crippen LogP contribution is 2.40. The van der Waals surface area contributed by atoms with Gasteiger partial charge in [-0.25, -0.2) is 4.98 Å². The lowest BCUT2D eigenvalue weighted by Crippen LogP contribution is -2.04. The van der Waals surface area contributed by atoms with E-state index < -0.39 is 0 Å². The Morgan fingerprint density at radius 1 is 1.42 bits per heavy atom. The van der Waals surface area contributed by atoms with Gasteiger partial charge in [0, 0.05) is 5.56 Å². The van der Waals surface area contributed by atoms with Crippen molar-refractivity contribution in [1.29, 1.82) is 0 Å². The second-order valence-corrected chi connectivity index (χ2v) is 4.42. The lowest BCUT2D eigenvalue weighted by Gasteiger charge is -2.12. The van der Waals surface area contributed by atoms with Crippen LogP contribution >= 0.6 is 22.7 Å². The largest absolute Gasteiger partial charge is 0.371 e. The molecule has 1 N–H and O–H groups in total. The van der Waals surface area contributed by atoms with Crippen LogP contribution in [0.5, 0.6) is 0 Å². The fourth-order valence-corrected chi connectivity index (χ4v) is 3.10. The van der Waals surface area contributed by atoms with Crippen LogP contribution in [0.25, 0.3) is 10.4 Å². The number of nitrogens with one attached hydrogen (secondary N) is 1. The fourth-order valence-electron chi connectivity index (χ4n) is 1.40. The van der Waals surface area contributed by atoms with Gasteiger partial charge >= 0.3 is 0 Å². The molecule has 60 valence electrons. The Morgan fingerprint density at radius 2 is 2.42 bits per heavy atom. The van der Waals surface area contributed by atoms with Crippen molar-refractivity contribution in [2.24, 2.45) is 0 Å². The Kier molecular flexibility index (Phi) is 1.27. The zero-order valence-corrected chi connectivity index (χ0v) is 7.84. The second-order valence-electron chi connectivity index (χ2n) is 2.65. The van der Waals surface area contributed by atoms with Crippen LogP contribution < -0.4 is 5.32 Å². The van der Waals surface area contributed by atoms with Crippen LogP contribution in [0.3, 0.4) is 0 Å².